The van der Waals surface area contributed by atoms with Gasteiger partial charge in [0, 0.05) is 22.7 Å². The second-order valence-corrected chi connectivity index (χ2v) is 5.03. The number of aromatic nitrogens is 1. The molecule has 0 N–H and O–H groups in total. The molecule has 3 rings (SSSR count). The van der Waals surface area contributed by atoms with Crippen molar-refractivity contribution in [3.8, 4) is 0 Å². The summed E-state index contributed by atoms with van der Waals surface area (Å²) in [4.78, 5) is 17.1. The van der Waals surface area contributed by atoms with Gasteiger partial charge in [-0.05, 0) is 31.5 Å². The Morgan fingerprint density at radius 2 is 1.75 bits per heavy atom. The molecule has 0 radical (unpaired) electrons. The van der Waals surface area contributed by atoms with Gasteiger partial charge in [-0.15, -0.1) is 0 Å². The van der Waals surface area contributed by atoms with Crippen LogP contribution in [0.5, 0.6) is 0 Å². The molecule has 3 aromatic rings. The summed E-state index contributed by atoms with van der Waals surface area (Å²) in [5.74, 6) is 0.0341. The average Bonchev–Trinajstić information content (AvgIpc) is 2.46. The summed E-state index contributed by atoms with van der Waals surface area (Å²) in [7, 11) is 0. The molecule has 0 aliphatic rings. The zero-order chi connectivity index (χ0) is 14.1. The molecule has 0 saturated carbocycles. The fourth-order valence-corrected chi connectivity index (χ4v) is 2.50. The molecule has 0 amide bonds. The molecule has 0 atom stereocenters. The highest BCUT2D eigenvalue weighted by Gasteiger charge is 2.15. The number of benzene rings is 2. The highest BCUT2D eigenvalue weighted by atomic mass is 16.1. The van der Waals surface area contributed by atoms with Crippen molar-refractivity contribution in [2.24, 2.45) is 0 Å². The monoisotopic (exact) mass is 261 g/mol. The van der Waals surface area contributed by atoms with Crippen molar-refractivity contribution < 1.29 is 4.79 Å². The molecular weight excluding hydrogens is 246 g/mol. The Morgan fingerprint density at radius 3 is 2.55 bits per heavy atom. The van der Waals surface area contributed by atoms with Crippen LogP contribution in [0.4, 0.5) is 0 Å². The van der Waals surface area contributed by atoms with Crippen LogP contribution in [-0.2, 0) is 0 Å². The Labute approximate surface area is 118 Å². The first-order chi connectivity index (χ1) is 9.66. The van der Waals surface area contributed by atoms with E-state index in [-0.39, 0.29) is 5.78 Å². The third-order valence-corrected chi connectivity index (χ3v) is 3.50. The Kier molecular flexibility index (Phi) is 3.07. The van der Waals surface area contributed by atoms with Crippen LogP contribution in [0.3, 0.4) is 0 Å². The van der Waals surface area contributed by atoms with E-state index in [1.54, 1.807) is 6.20 Å². The maximum Gasteiger partial charge on any atom is 0.195 e. The summed E-state index contributed by atoms with van der Waals surface area (Å²) in [5.41, 5.74) is 4.34. The predicted molar refractivity (Wildman–Crippen MR) is 81.1 cm³/mol. The van der Waals surface area contributed by atoms with E-state index in [0.29, 0.717) is 5.56 Å². The van der Waals surface area contributed by atoms with E-state index < -0.39 is 0 Å². The number of para-hydroxylation sites is 1. The second kappa shape index (κ2) is 4.89. The first kappa shape index (κ1) is 12.5. The molecule has 1 heterocycles. The zero-order valence-electron chi connectivity index (χ0n) is 11.6. The minimum absolute atomic E-state index is 0.0341. The zero-order valence-corrected chi connectivity index (χ0v) is 11.6. The Hall–Kier alpha value is -2.48. The third kappa shape index (κ3) is 2.10. The van der Waals surface area contributed by atoms with Crippen LogP contribution < -0.4 is 0 Å². The smallest absolute Gasteiger partial charge is 0.195 e. The Bertz CT molecular complexity index is 800. The lowest BCUT2D eigenvalue weighted by Crippen LogP contribution is -2.05. The number of fused-ring (bicyclic) bond motifs is 1. The summed E-state index contributed by atoms with van der Waals surface area (Å²) in [6.07, 6.45) is 1.72. The fraction of sp³-hybridized carbons (Fsp3) is 0.111. The number of nitrogens with zero attached hydrogens (tertiary/aromatic N) is 1. The van der Waals surface area contributed by atoms with Gasteiger partial charge in [0.25, 0.3) is 0 Å². The summed E-state index contributed by atoms with van der Waals surface area (Å²) in [6, 6.07) is 15.5. The number of hydrogen-bond donors (Lipinski definition) is 0. The van der Waals surface area contributed by atoms with Gasteiger partial charge in [-0.3, -0.25) is 9.78 Å². The highest BCUT2D eigenvalue weighted by Crippen LogP contribution is 2.21. The predicted octanol–water partition coefficient (Wildman–Crippen LogP) is 4.08. The molecule has 0 unspecified atom stereocenters. The molecule has 2 heteroatoms. The van der Waals surface area contributed by atoms with Gasteiger partial charge in [-0.2, -0.15) is 0 Å². The molecule has 0 fully saturated rings. The van der Waals surface area contributed by atoms with Gasteiger partial charge in [0.05, 0.1) is 5.52 Å². The summed E-state index contributed by atoms with van der Waals surface area (Å²) in [5, 5.41) is 0.989. The first-order valence-corrected chi connectivity index (χ1v) is 6.62. The van der Waals surface area contributed by atoms with Crippen LogP contribution >= 0.6 is 0 Å². The Balaban J connectivity index is 2.18. The quantitative estimate of drug-likeness (QED) is 0.650. The maximum absolute atomic E-state index is 12.8. The molecule has 2 aromatic carbocycles. The highest BCUT2D eigenvalue weighted by molar-refractivity contribution is 6.16. The van der Waals surface area contributed by atoms with Crippen LogP contribution in [-0.4, -0.2) is 10.8 Å². The van der Waals surface area contributed by atoms with E-state index in [1.807, 2.05) is 62.4 Å². The molecular formula is C18H15NO. The molecule has 0 saturated heterocycles. The van der Waals surface area contributed by atoms with Crippen LogP contribution in [0.2, 0.25) is 0 Å². The lowest BCUT2D eigenvalue weighted by Gasteiger charge is -2.08. The van der Waals surface area contributed by atoms with Gasteiger partial charge < -0.3 is 0 Å². The number of carbonyl (C=O) groups is 1. The lowest BCUT2D eigenvalue weighted by atomic mass is 9.96. The van der Waals surface area contributed by atoms with E-state index in [2.05, 4.69) is 4.98 Å². The van der Waals surface area contributed by atoms with Crippen molar-refractivity contribution in [1.29, 1.82) is 0 Å². The number of hydrogen-bond acceptors (Lipinski definition) is 2. The van der Waals surface area contributed by atoms with Crippen molar-refractivity contribution in [2.75, 3.05) is 0 Å². The molecule has 0 aliphatic heterocycles. The fourth-order valence-electron chi connectivity index (χ4n) is 2.50. The maximum atomic E-state index is 12.8. The van der Waals surface area contributed by atoms with Crippen molar-refractivity contribution in [3.05, 3.63) is 77.0 Å². The summed E-state index contributed by atoms with van der Waals surface area (Å²) < 4.78 is 0. The molecule has 98 valence electrons. The van der Waals surface area contributed by atoms with Crippen LogP contribution in [0.25, 0.3) is 10.9 Å². The van der Waals surface area contributed by atoms with Gasteiger partial charge >= 0.3 is 0 Å². The standard InChI is InChI=1S/C18H15NO/c1-12-8-9-15(13(2)11-12)18(20)16-7-3-5-14-6-4-10-19-17(14)16/h3-11H,1-2H3. The Morgan fingerprint density at radius 1 is 0.950 bits per heavy atom. The third-order valence-electron chi connectivity index (χ3n) is 3.50. The normalized spacial score (nSPS) is 10.7. The van der Waals surface area contributed by atoms with Crippen LogP contribution in [0.1, 0.15) is 27.0 Å². The van der Waals surface area contributed by atoms with Crippen molar-refractivity contribution in [3.63, 3.8) is 0 Å². The van der Waals surface area contributed by atoms with Crippen LogP contribution in [0.15, 0.2) is 54.7 Å². The molecule has 0 aliphatic carbocycles. The number of carbonyl (C=O) groups excluding carboxylic acids is 1. The van der Waals surface area contributed by atoms with Gasteiger partial charge in [0.2, 0.25) is 0 Å². The molecule has 1 aromatic heterocycles. The first-order valence-electron chi connectivity index (χ1n) is 6.62. The van der Waals surface area contributed by atoms with Crippen LogP contribution in [0, 0.1) is 13.8 Å². The van der Waals surface area contributed by atoms with E-state index in [9.17, 15) is 4.79 Å². The molecule has 0 bridgehead atoms. The van der Waals surface area contributed by atoms with Crippen molar-refractivity contribution in [2.45, 2.75) is 13.8 Å². The molecule has 0 spiro atoms. The number of aryl methyl sites for hydroxylation is 2. The minimum atomic E-state index is 0.0341. The topological polar surface area (TPSA) is 30.0 Å². The van der Waals surface area contributed by atoms with Gasteiger partial charge in [-0.25, -0.2) is 0 Å². The van der Waals surface area contributed by atoms with Gasteiger partial charge in [0.1, 0.15) is 0 Å². The molecule has 20 heavy (non-hydrogen) atoms. The van der Waals surface area contributed by atoms with E-state index >= 15 is 0 Å². The largest absolute Gasteiger partial charge is 0.289 e. The van der Waals surface area contributed by atoms with Gasteiger partial charge in [-0.1, -0.05) is 42.0 Å². The van der Waals surface area contributed by atoms with Crippen molar-refractivity contribution in [1.82, 2.24) is 4.98 Å². The minimum Gasteiger partial charge on any atom is -0.289 e. The summed E-state index contributed by atoms with van der Waals surface area (Å²) in [6.45, 7) is 4.00. The second-order valence-electron chi connectivity index (χ2n) is 5.03. The summed E-state index contributed by atoms with van der Waals surface area (Å²) >= 11 is 0. The van der Waals surface area contributed by atoms with E-state index in [4.69, 9.17) is 0 Å². The van der Waals surface area contributed by atoms with E-state index in [0.717, 1.165) is 27.6 Å². The van der Waals surface area contributed by atoms with E-state index in [1.165, 1.54) is 0 Å². The SMILES string of the molecule is Cc1ccc(C(=O)c2cccc3cccnc23)c(C)c1. The lowest BCUT2D eigenvalue weighted by molar-refractivity contribution is 0.103. The number of ketones is 1. The number of rotatable bonds is 2. The van der Waals surface area contributed by atoms with Crippen molar-refractivity contribution >= 4 is 16.7 Å². The molecule has 2 nitrogen and oxygen atoms in total. The average molecular weight is 261 g/mol. The van der Waals surface area contributed by atoms with Gasteiger partial charge in [0.15, 0.2) is 5.78 Å². The number of pyridine rings is 1.